The molecule has 9 heteroatoms. The average molecular weight is 411 g/mol. The highest BCUT2D eigenvalue weighted by molar-refractivity contribution is 8.14. The van der Waals surface area contributed by atoms with Crippen LogP contribution in [0.25, 0.3) is 0 Å². The first-order valence-corrected chi connectivity index (χ1v) is 10.4. The lowest BCUT2D eigenvalue weighted by Gasteiger charge is -2.35. The smallest absolute Gasteiger partial charge is 0.321 e. The monoisotopic (exact) mass is 411 g/mol. The topological polar surface area (TPSA) is 85.8 Å². The van der Waals surface area contributed by atoms with E-state index in [0.717, 1.165) is 36.2 Å². The fourth-order valence-corrected chi connectivity index (χ4v) is 4.02. The molecule has 1 N–H and O–H groups in total. The maximum absolute atomic E-state index is 12.5. The van der Waals surface area contributed by atoms with Crippen LogP contribution in [0.2, 0.25) is 0 Å². The Bertz CT molecular complexity index is 882. The Kier molecular flexibility index (Phi) is 5.66. The molecule has 1 aromatic heterocycles. The minimum absolute atomic E-state index is 0.139. The predicted octanol–water partition coefficient (Wildman–Crippen LogP) is 2.63. The molecule has 150 valence electrons. The molecule has 0 aliphatic carbocycles. The van der Waals surface area contributed by atoms with Crippen LogP contribution in [0.5, 0.6) is 0 Å². The van der Waals surface area contributed by atoms with Crippen molar-refractivity contribution in [1.82, 2.24) is 14.8 Å². The lowest BCUT2D eigenvalue weighted by Crippen LogP contribution is -2.50. The van der Waals surface area contributed by atoms with Crippen molar-refractivity contribution in [2.24, 2.45) is 0 Å². The van der Waals surface area contributed by atoms with E-state index in [9.17, 15) is 14.4 Å². The summed E-state index contributed by atoms with van der Waals surface area (Å²) in [5.74, 6) is 0.972. The number of pyridine rings is 1. The van der Waals surface area contributed by atoms with E-state index in [1.165, 1.54) is 4.90 Å². The highest BCUT2D eigenvalue weighted by Gasteiger charge is 2.29. The molecule has 0 saturated carbocycles. The van der Waals surface area contributed by atoms with Gasteiger partial charge >= 0.3 is 6.03 Å². The summed E-state index contributed by atoms with van der Waals surface area (Å²) in [5.41, 5.74) is 1.52. The summed E-state index contributed by atoms with van der Waals surface area (Å²) in [6, 6.07) is 12.9. The number of urea groups is 1. The van der Waals surface area contributed by atoms with Crippen LogP contribution in [0.15, 0.2) is 48.7 Å². The molecule has 4 amide bonds. The zero-order chi connectivity index (χ0) is 20.2. The van der Waals surface area contributed by atoms with Gasteiger partial charge in [0.25, 0.3) is 5.24 Å². The van der Waals surface area contributed by atoms with Gasteiger partial charge in [0.15, 0.2) is 0 Å². The molecule has 2 aliphatic heterocycles. The summed E-state index contributed by atoms with van der Waals surface area (Å²) in [6.07, 6.45) is 1.77. The quantitative estimate of drug-likeness (QED) is 0.833. The molecule has 2 aliphatic rings. The number of benzene rings is 1. The van der Waals surface area contributed by atoms with E-state index < -0.39 is 0 Å². The van der Waals surface area contributed by atoms with Crippen molar-refractivity contribution < 1.29 is 14.4 Å². The van der Waals surface area contributed by atoms with E-state index in [1.54, 1.807) is 23.2 Å². The first-order chi connectivity index (χ1) is 14.1. The molecule has 29 heavy (non-hydrogen) atoms. The number of hydrogen-bond acceptors (Lipinski definition) is 6. The molecule has 0 radical (unpaired) electrons. The minimum atomic E-state index is -0.211. The van der Waals surface area contributed by atoms with E-state index in [2.05, 4.69) is 15.2 Å². The molecule has 1 aromatic carbocycles. The van der Waals surface area contributed by atoms with Gasteiger partial charge in [-0.25, -0.2) is 9.78 Å². The highest BCUT2D eigenvalue weighted by Crippen LogP contribution is 2.22. The minimum Gasteiger partial charge on any atom is -0.353 e. The van der Waals surface area contributed by atoms with Gasteiger partial charge in [0.05, 0.1) is 12.3 Å². The first-order valence-electron chi connectivity index (χ1n) is 9.38. The van der Waals surface area contributed by atoms with E-state index >= 15 is 0 Å². The van der Waals surface area contributed by atoms with Crippen molar-refractivity contribution in [3.8, 4) is 0 Å². The molecule has 2 saturated heterocycles. The molecular weight excluding hydrogens is 390 g/mol. The van der Waals surface area contributed by atoms with E-state index in [0.29, 0.717) is 18.8 Å². The standard InChI is InChI=1S/C20H21N5O3S/c26-18-14-29-20(28)25(18)13-15-4-6-16(7-5-15)22-19(27)24-11-9-23(10-12-24)17-3-1-2-8-21-17/h1-8H,9-14H2,(H,22,27). The number of thioether (sulfide) groups is 1. The second-order valence-corrected chi connectivity index (χ2v) is 7.75. The van der Waals surface area contributed by atoms with Crippen LogP contribution in [-0.4, -0.2) is 63.9 Å². The average Bonchev–Trinajstić information content (AvgIpc) is 3.08. The maximum Gasteiger partial charge on any atom is 0.321 e. The van der Waals surface area contributed by atoms with Gasteiger partial charge < -0.3 is 15.1 Å². The highest BCUT2D eigenvalue weighted by atomic mass is 32.2. The first kappa shape index (κ1) is 19.3. The third-order valence-corrected chi connectivity index (χ3v) is 5.79. The largest absolute Gasteiger partial charge is 0.353 e. The number of anilines is 2. The summed E-state index contributed by atoms with van der Waals surface area (Å²) < 4.78 is 0. The summed E-state index contributed by atoms with van der Waals surface area (Å²) in [6.45, 7) is 2.97. The molecular formula is C20H21N5O3S. The van der Waals surface area contributed by atoms with Crippen molar-refractivity contribution in [2.45, 2.75) is 6.54 Å². The number of nitrogens with zero attached hydrogens (tertiary/aromatic N) is 4. The second kappa shape index (κ2) is 8.52. The third kappa shape index (κ3) is 4.51. The van der Waals surface area contributed by atoms with Gasteiger partial charge in [0.2, 0.25) is 5.91 Å². The van der Waals surface area contributed by atoms with Gasteiger partial charge in [-0.3, -0.25) is 14.5 Å². The Balaban J connectivity index is 1.29. The molecule has 4 rings (SSSR count). The zero-order valence-corrected chi connectivity index (χ0v) is 16.6. The van der Waals surface area contributed by atoms with Crippen LogP contribution in [0, 0.1) is 0 Å². The van der Waals surface area contributed by atoms with Gasteiger partial charge in [-0.05, 0) is 29.8 Å². The number of imide groups is 1. The molecule has 8 nitrogen and oxygen atoms in total. The lowest BCUT2D eigenvalue weighted by molar-refractivity contribution is -0.125. The molecule has 0 atom stereocenters. The third-order valence-electron chi connectivity index (χ3n) is 4.93. The van der Waals surface area contributed by atoms with E-state index in [4.69, 9.17) is 0 Å². The molecule has 2 aromatic rings. The molecule has 0 spiro atoms. The number of hydrogen-bond donors (Lipinski definition) is 1. The SMILES string of the molecule is O=C(Nc1ccc(CN2C(=O)CSC2=O)cc1)N1CCN(c2ccccn2)CC1. The van der Waals surface area contributed by atoms with Gasteiger partial charge in [-0.1, -0.05) is 30.0 Å². The van der Waals surface area contributed by atoms with Crippen molar-refractivity contribution in [1.29, 1.82) is 0 Å². The Morgan fingerprint density at radius 2 is 1.79 bits per heavy atom. The van der Waals surface area contributed by atoms with Crippen molar-refractivity contribution in [3.63, 3.8) is 0 Å². The Morgan fingerprint density at radius 1 is 1.03 bits per heavy atom. The number of carbonyl (C=O) groups excluding carboxylic acids is 3. The molecule has 2 fully saturated rings. The fraction of sp³-hybridized carbons (Fsp3) is 0.300. The van der Waals surface area contributed by atoms with Crippen LogP contribution in [0.1, 0.15) is 5.56 Å². The molecule has 0 bridgehead atoms. The van der Waals surface area contributed by atoms with Gasteiger partial charge in [0, 0.05) is 38.1 Å². The Labute approximate surface area is 172 Å². The summed E-state index contributed by atoms with van der Waals surface area (Å²) in [4.78, 5) is 45.5. The van der Waals surface area contributed by atoms with Gasteiger partial charge in [-0.2, -0.15) is 0 Å². The maximum atomic E-state index is 12.5. The van der Waals surface area contributed by atoms with Crippen LogP contribution in [0.4, 0.5) is 21.1 Å². The van der Waals surface area contributed by atoms with E-state index in [-0.39, 0.29) is 29.5 Å². The number of rotatable bonds is 4. The second-order valence-electron chi connectivity index (χ2n) is 6.82. The Hall–Kier alpha value is -3.07. The number of aromatic nitrogens is 1. The van der Waals surface area contributed by atoms with Crippen molar-refractivity contribution >= 4 is 40.4 Å². The Morgan fingerprint density at radius 3 is 2.41 bits per heavy atom. The fourth-order valence-electron chi connectivity index (χ4n) is 3.29. The predicted molar refractivity (Wildman–Crippen MR) is 112 cm³/mol. The number of nitrogens with one attached hydrogen (secondary N) is 1. The number of piperazine rings is 1. The summed E-state index contributed by atoms with van der Waals surface area (Å²) in [5, 5.41) is 2.69. The van der Waals surface area contributed by atoms with Crippen LogP contribution < -0.4 is 10.2 Å². The van der Waals surface area contributed by atoms with Gasteiger partial charge in [-0.15, -0.1) is 0 Å². The number of carbonyl (C=O) groups is 3. The normalized spacial score (nSPS) is 17.0. The lowest BCUT2D eigenvalue weighted by atomic mass is 10.2. The van der Waals surface area contributed by atoms with Crippen molar-refractivity contribution in [3.05, 3.63) is 54.2 Å². The van der Waals surface area contributed by atoms with Crippen LogP contribution in [-0.2, 0) is 11.3 Å². The summed E-state index contributed by atoms with van der Waals surface area (Å²) in [7, 11) is 0. The molecule has 0 unspecified atom stereocenters. The van der Waals surface area contributed by atoms with Crippen molar-refractivity contribution in [2.75, 3.05) is 42.1 Å². The summed E-state index contributed by atoms with van der Waals surface area (Å²) >= 11 is 1.03. The van der Waals surface area contributed by atoms with Gasteiger partial charge in [0.1, 0.15) is 5.82 Å². The molecule has 3 heterocycles. The zero-order valence-electron chi connectivity index (χ0n) is 15.8. The van der Waals surface area contributed by atoms with Crippen LogP contribution in [0.3, 0.4) is 0 Å². The number of amides is 4. The van der Waals surface area contributed by atoms with Crippen LogP contribution >= 0.6 is 11.8 Å². The van der Waals surface area contributed by atoms with E-state index in [1.807, 2.05) is 30.3 Å².